The molecule has 1 fully saturated rings. The Morgan fingerprint density at radius 3 is 2.58 bits per heavy atom. The Morgan fingerprint density at radius 2 is 1.96 bits per heavy atom. The van der Waals surface area contributed by atoms with E-state index in [1.807, 2.05) is 13.8 Å². The van der Waals surface area contributed by atoms with Crippen molar-refractivity contribution in [2.24, 2.45) is 0 Å². The van der Waals surface area contributed by atoms with Crippen LogP contribution >= 0.6 is 0 Å². The maximum Gasteiger partial charge on any atom is 0.329 e. The Bertz CT molecular complexity index is 775. The van der Waals surface area contributed by atoms with Gasteiger partial charge >= 0.3 is 5.97 Å². The molecule has 0 bridgehead atoms. The van der Waals surface area contributed by atoms with Crippen LogP contribution in [0.4, 0.5) is 0 Å². The lowest BCUT2D eigenvalue weighted by atomic mass is 9.81. The zero-order valence-electron chi connectivity index (χ0n) is 14.0. The summed E-state index contributed by atoms with van der Waals surface area (Å²) in [4.78, 5) is 28.6. The molecule has 0 aliphatic heterocycles. The number of carboxylic acid groups (broad SMARTS) is 1. The molecule has 2 aromatic rings. The molecule has 1 saturated carbocycles. The van der Waals surface area contributed by atoms with E-state index < -0.39 is 17.4 Å². The first-order valence-corrected chi connectivity index (χ1v) is 8.32. The highest BCUT2D eigenvalue weighted by molar-refractivity contribution is 5.99. The van der Waals surface area contributed by atoms with Gasteiger partial charge in [-0.2, -0.15) is 5.10 Å². The minimum Gasteiger partial charge on any atom is -0.480 e. The van der Waals surface area contributed by atoms with Gasteiger partial charge in [-0.25, -0.2) is 14.5 Å². The lowest BCUT2D eigenvalue weighted by molar-refractivity contribution is -0.145. The van der Waals surface area contributed by atoms with Gasteiger partial charge in [-0.05, 0) is 32.8 Å². The van der Waals surface area contributed by atoms with Crippen molar-refractivity contribution in [2.45, 2.75) is 57.5 Å². The van der Waals surface area contributed by atoms with Crippen molar-refractivity contribution in [2.75, 3.05) is 0 Å². The Kier molecular flexibility index (Phi) is 4.26. The summed E-state index contributed by atoms with van der Waals surface area (Å²) in [6, 6.07) is 1.88. The third-order valence-electron chi connectivity index (χ3n) is 4.65. The van der Waals surface area contributed by atoms with Crippen molar-refractivity contribution in [1.82, 2.24) is 20.1 Å². The zero-order valence-corrected chi connectivity index (χ0v) is 14.0. The molecule has 0 saturated heterocycles. The third-order valence-corrected chi connectivity index (χ3v) is 4.65. The number of hydrogen-bond donors (Lipinski definition) is 2. The second-order valence-corrected chi connectivity index (χ2v) is 6.72. The molecule has 0 radical (unpaired) electrons. The topological polar surface area (TPSA) is 97.1 Å². The Balaban J connectivity index is 1.87. The van der Waals surface area contributed by atoms with Crippen LogP contribution in [0.3, 0.4) is 0 Å². The highest BCUT2D eigenvalue weighted by Gasteiger charge is 2.41. The van der Waals surface area contributed by atoms with Gasteiger partial charge in [-0.15, -0.1) is 0 Å². The summed E-state index contributed by atoms with van der Waals surface area (Å²) >= 11 is 0. The van der Waals surface area contributed by atoms with E-state index in [9.17, 15) is 14.7 Å². The first-order valence-electron chi connectivity index (χ1n) is 8.32. The number of nitrogens with zero attached hydrogens (tertiary/aromatic N) is 3. The molecule has 24 heavy (non-hydrogen) atoms. The van der Waals surface area contributed by atoms with Crippen molar-refractivity contribution in [3.63, 3.8) is 0 Å². The van der Waals surface area contributed by atoms with Crippen LogP contribution in [0.15, 0.2) is 18.5 Å². The van der Waals surface area contributed by atoms with E-state index in [0.29, 0.717) is 24.1 Å². The second kappa shape index (κ2) is 6.22. The van der Waals surface area contributed by atoms with Crippen molar-refractivity contribution < 1.29 is 14.7 Å². The molecule has 3 rings (SSSR count). The van der Waals surface area contributed by atoms with Crippen molar-refractivity contribution >= 4 is 22.9 Å². The van der Waals surface area contributed by atoms with Gasteiger partial charge in [0.15, 0.2) is 5.65 Å². The summed E-state index contributed by atoms with van der Waals surface area (Å²) in [7, 11) is 0. The Hall–Kier alpha value is -2.44. The van der Waals surface area contributed by atoms with Gasteiger partial charge in [-0.1, -0.05) is 19.3 Å². The Morgan fingerprint density at radius 1 is 1.25 bits per heavy atom. The number of carbonyl (C=O) groups is 2. The van der Waals surface area contributed by atoms with Crippen molar-refractivity contribution in [3.05, 3.63) is 24.0 Å². The van der Waals surface area contributed by atoms with Crippen LogP contribution in [-0.2, 0) is 4.79 Å². The van der Waals surface area contributed by atoms with Gasteiger partial charge < -0.3 is 10.4 Å². The van der Waals surface area contributed by atoms with Crippen LogP contribution in [0.5, 0.6) is 0 Å². The maximum atomic E-state index is 12.6. The van der Waals surface area contributed by atoms with Crippen LogP contribution in [0.2, 0.25) is 0 Å². The first-order chi connectivity index (χ1) is 11.4. The van der Waals surface area contributed by atoms with Crippen LogP contribution in [0.1, 0.15) is 62.4 Å². The summed E-state index contributed by atoms with van der Waals surface area (Å²) < 4.78 is 1.79. The smallest absolute Gasteiger partial charge is 0.329 e. The van der Waals surface area contributed by atoms with E-state index in [1.54, 1.807) is 16.9 Å². The summed E-state index contributed by atoms with van der Waals surface area (Å²) in [5, 5.41) is 17.4. The van der Waals surface area contributed by atoms with Gasteiger partial charge in [0.05, 0.1) is 11.8 Å². The van der Waals surface area contributed by atoms with Crippen LogP contribution in [0.25, 0.3) is 11.0 Å². The summed E-state index contributed by atoms with van der Waals surface area (Å²) in [5.41, 5.74) is -0.0870. The monoisotopic (exact) mass is 330 g/mol. The summed E-state index contributed by atoms with van der Waals surface area (Å²) in [5.74, 6) is -1.36. The van der Waals surface area contributed by atoms with Gasteiger partial charge in [0.25, 0.3) is 5.91 Å². The molecule has 0 aromatic carbocycles. The highest BCUT2D eigenvalue weighted by Crippen LogP contribution is 2.29. The van der Waals surface area contributed by atoms with E-state index in [4.69, 9.17) is 0 Å². The van der Waals surface area contributed by atoms with Crippen LogP contribution in [0, 0.1) is 0 Å². The predicted octanol–water partition coefficient (Wildman–Crippen LogP) is 2.53. The fourth-order valence-corrected chi connectivity index (χ4v) is 3.28. The summed E-state index contributed by atoms with van der Waals surface area (Å²) in [6.45, 7) is 4.02. The number of aliphatic carboxylic acids is 1. The normalized spacial score (nSPS) is 17.1. The number of nitrogens with one attached hydrogen (secondary N) is 1. The molecule has 2 N–H and O–H groups in total. The minimum absolute atomic E-state index is 0.173. The van der Waals surface area contributed by atoms with E-state index in [1.165, 1.54) is 6.20 Å². The molecule has 2 aromatic heterocycles. The zero-order chi connectivity index (χ0) is 17.3. The van der Waals surface area contributed by atoms with Crippen molar-refractivity contribution in [1.29, 1.82) is 0 Å². The van der Waals surface area contributed by atoms with Gasteiger partial charge in [0.1, 0.15) is 5.54 Å². The highest BCUT2D eigenvalue weighted by atomic mass is 16.4. The molecule has 1 amide bonds. The fraction of sp³-hybridized carbons (Fsp3) is 0.529. The number of hydrogen-bond acceptors (Lipinski definition) is 4. The molecular weight excluding hydrogens is 308 g/mol. The van der Waals surface area contributed by atoms with Gasteiger partial charge in [0, 0.05) is 17.6 Å². The van der Waals surface area contributed by atoms with E-state index in [2.05, 4.69) is 15.4 Å². The molecule has 1 aliphatic carbocycles. The number of aromatic nitrogens is 3. The molecular formula is C17H22N4O3. The standard InChI is InChI=1S/C17H22N4O3/c1-11(2)21-14-12(10-19-21)8-13(9-18-14)15(22)20-17(16(23)24)6-4-3-5-7-17/h8-11H,3-7H2,1-2H3,(H,20,22)(H,23,24). The van der Waals surface area contributed by atoms with Crippen LogP contribution in [-0.4, -0.2) is 37.3 Å². The average molecular weight is 330 g/mol. The molecule has 7 heteroatoms. The van der Waals surface area contributed by atoms with Crippen LogP contribution < -0.4 is 5.32 Å². The molecule has 1 aliphatic rings. The molecule has 7 nitrogen and oxygen atoms in total. The lowest BCUT2D eigenvalue weighted by Crippen LogP contribution is -2.55. The third kappa shape index (κ3) is 2.86. The Labute approximate surface area is 140 Å². The molecule has 2 heterocycles. The minimum atomic E-state index is -1.16. The number of amides is 1. The number of carboxylic acids is 1. The van der Waals surface area contributed by atoms with Crippen molar-refractivity contribution in [3.8, 4) is 0 Å². The maximum absolute atomic E-state index is 12.6. The van der Waals surface area contributed by atoms with Gasteiger partial charge in [-0.3, -0.25) is 4.79 Å². The van der Waals surface area contributed by atoms with Gasteiger partial charge in [0.2, 0.25) is 0 Å². The van der Waals surface area contributed by atoms with E-state index in [0.717, 1.165) is 24.6 Å². The first kappa shape index (κ1) is 16.4. The SMILES string of the molecule is CC(C)n1ncc2cc(C(=O)NC3(C(=O)O)CCCCC3)cnc21. The largest absolute Gasteiger partial charge is 0.480 e. The average Bonchev–Trinajstić information content (AvgIpc) is 2.98. The second-order valence-electron chi connectivity index (χ2n) is 6.72. The number of carbonyl (C=O) groups excluding carboxylic acids is 1. The molecule has 128 valence electrons. The quantitative estimate of drug-likeness (QED) is 0.898. The lowest BCUT2D eigenvalue weighted by Gasteiger charge is -2.33. The number of fused-ring (bicyclic) bond motifs is 1. The number of pyridine rings is 1. The molecule has 0 atom stereocenters. The van der Waals surface area contributed by atoms with E-state index >= 15 is 0 Å². The fourth-order valence-electron chi connectivity index (χ4n) is 3.28. The summed E-state index contributed by atoms with van der Waals surface area (Å²) in [6.07, 6.45) is 6.72. The molecule has 0 spiro atoms. The predicted molar refractivity (Wildman–Crippen MR) is 88.8 cm³/mol. The molecule has 0 unspecified atom stereocenters. The van der Waals surface area contributed by atoms with E-state index in [-0.39, 0.29) is 6.04 Å². The number of rotatable bonds is 4.